The van der Waals surface area contributed by atoms with Crippen molar-refractivity contribution in [2.75, 3.05) is 7.11 Å². The Morgan fingerprint density at radius 2 is 2.17 bits per heavy atom. The summed E-state index contributed by atoms with van der Waals surface area (Å²) in [6.07, 6.45) is 3.53. The molecule has 6 nitrogen and oxygen atoms in total. The Balaban J connectivity index is 1.90. The third-order valence-corrected chi connectivity index (χ3v) is 3.53. The molecular formula is C11H13BrN2O4. The van der Waals surface area contributed by atoms with Gasteiger partial charge in [-0.2, -0.15) is 0 Å². The van der Waals surface area contributed by atoms with Gasteiger partial charge in [-0.15, -0.1) is 0 Å². The van der Waals surface area contributed by atoms with Crippen molar-refractivity contribution in [2.45, 2.75) is 25.0 Å². The summed E-state index contributed by atoms with van der Waals surface area (Å²) in [7, 11) is 1.56. The van der Waals surface area contributed by atoms with Crippen LogP contribution < -0.4 is 14.8 Å². The first kappa shape index (κ1) is 12.9. The van der Waals surface area contributed by atoms with Gasteiger partial charge in [-0.3, -0.25) is 4.98 Å². The van der Waals surface area contributed by atoms with Gasteiger partial charge in [0.15, 0.2) is 11.5 Å². The Labute approximate surface area is 112 Å². The van der Waals surface area contributed by atoms with Gasteiger partial charge in [-0.05, 0) is 15.9 Å². The number of hydrogen-bond donors (Lipinski definition) is 2. The first-order chi connectivity index (χ1) is 8.60. The third kappa shape index (κ3) is 2.84. The number of rotatable bonds is 4. The van der Waals surface area contributed by atoms with Crippen LogP contribution in [0.3, 0.4) is 0 Å². The molecule has 2 rings (SSSR count). The summed E-state index contributed by atoms with van der Waals surface area (Å²) in [5.41, 5.74) is 0. The molecule has 1 aromatic rings. The van der Waals surface area contributed by atoms with Crippen molar-refractivity contribution in [3.63, 3.8) is 0 Å². The summed E-state index contributed by atoms with van der Waals surface area (Å²) in [4.78, 5) is 14.4. The molecule has 0 atom stereocenters. The number of aromatic nitrogens is 1. The van der Waals surface area contributed by atoms with Gasteiger partial charge in [-0.1, -0.05) is 0 Å². The minimum atomic E-state index is -0.998. The second-order valence-electron chi connectivity index (χ2n) is 4.01. The molecule has 18 heavy (non-hydrogen) atoms. The zero-order valence-corrected chi connectivity index (χ0v) is 11.3. The van der Waals surface area contributed by atoms with Gasteiger partial charge in [0.1, 0.15) is 10.6 Å². The van der Waals surface area contributed by atoms with Gasteiger partial charge in [0.05, 0.1) is 19.5 Å². The average Bonchev–Trinajstić information content (AvgIpc) is 2.28. The van der Waals surface area contributed by atoms with Crippen LogP contribution in [0.15, 0.2) is 16.9 Å². The molecule has 0 radical (unpaired) electrons. The highest BCUT2D eigenvalue weighted by molar-refractivity contribution is 9.10. The highest BCUT2D eigenvalue weighted by Gasteiger charge is 2.32. The molecule has 0 saturated heterocycles. The number of amides is 1. The zero-order chi connectivity index (χ0) is 13.1. The first-order valence-electron chi connectivity index (χ1n) is 5.43. The molecule has 0 unspecified atom stereocenters. The summed E-state index contributed by atoms with van der Waals surface area (Å²) in [6.45, 7) is 0. The summed E-state index contributed by atoms with van der Waals surface area (Å²) in [6, 6.07) is -0.0233. The molecule has 1 aliphatic rings. The first-order valence-corrected chi connectivity index (χ1v) is 6.23. The van der Waals surface area contributed by atoms with Crippen LogP contribution in [-0.2, 0) is 0 Å². The van der Waals surface area contributed by atoms with E-state index in [0.717, 1.165) is 4.47 Å². The molecule has 1 aliphatic carbocycles. The van der Waals surface area contributed by atoms with Gasteiger partial charge in [0, 0.05) is 18.9 Å². The highest BCUT2D eigenvalue weighted by atomic mass is 79.9. The maximum Gasteiger partial charge on any atom is 0.404 e. The monoisotopic (exact) mass is 316 g/mol. The number of ether oxygens (including phenoxy) is 2. The Kier molecular flexibility index (Phi) is 3.90. The summed E-state index contributed by atoms with van der Waals surface area (Å²) in [5.74, 6) is 1.21. The maximum absolute atomic E-state index is 10.4. The van der Waals surface area contributed by atoms with E-state index in [1.165, 1.54) is 0 Å². The molecule has 0 bridgehead atoms. The van der Waals surface area contributed by atoms with E-state index < -0.39 is 6.09 Å². The van der Waals surface area contributed by atoms with Gasteiger partial charge in [-0.25, -0.2) is 4.79 Å². The fraction of sp³-hybridized carbons (Fsp3) is 0.455. The fourth-order valence-electron chi connectivity index (χ4n) is 1.77. The average molecular weight is 317 g/mol. The number of carboxylic acid groups (broad SMARTS) is 1. The van der Waals surface area contributed by atoms with E-state index in [-0.39, 0.29) is 12.1 Å². The Hall–Kier alpha value is -1.50. The van der Waals surface area contributed by atoms with Crippen molar-refractivity contribution in [3.05, 3.63) is 16.9 Å². The molecule has 1 aromatic heterocycles. The van der Waals surface area contributed by atoms with Crippen molar-refractivity contribution in [1.82, 2.24) is 10.3 Å². The predicted molar refractivity (Wildman–Crippen MR) is 67.1 cm³/mol. The largest absolute Gasteiger partial charge is 0.494 e. The molecule has 1 amide bonds. The lowest BCUT2D eigenvalue weighted by molar-refractivity contribution is 0.0821. The standard InChI is InChI=1S/C11H13BrN2O4/c1-17-8-4-13-5-9(10(8)12)18-7-2-6(3-7)14-11(15)16/h4-7,14H,2-3H2,1H3,(H,15,16). The second-order valence-corrected chi connectivity index (χ2v) is 4.80. The normalized spacial score (nSPS) is 21.9. The summed E-state index contributed by atoms with van der Waals surface area (Å²) < 4.78 is 11.5. The molecule has 1 saturated carbocycles. The zero-order valence-electron chi connectivity index (χ0n) is 9.72. The molecule has 2 N–H and O–H groups in total. The molecule has 98 valence electrons. The second kappa shape index (κ2) is 5.43. The van der Waals surface area contributed by atoms with Crippen molar-refractivity contribution in [2.24, 2.45) is 0 Å². The summed E-state index contributed by atoms with van der Waals surface area (Å²) >= 11 is 3.38. The maximum atomic E-state index is 10.4. The number of nitrogens with zero attached hydrogens (tertiary/aromatic N) is 1. The molecule has 0 aromatic carbocycles. The molecule has 7 heteroatoms. The SMILES string of the molecule is COc1cncc(OC2CC(NC(=O)O)C2)c1Br. The van der Waals surface area contributed by atoms with Crippen molar-refractivity contribution in [1.29, 1.82) is 0 Å². The van der Waals surface area contributed by atoms with Gasteiger partial charge >= 0.3 is 6.09 Å². The summed E-state index contributed by atoms with van der Waals surface area (Å²) in [5, 5.41) is 11.0. The number of carbonyl (C=O) groups is 1. The number of nitrogens with one attached hydrogen (secondary N) is 1. The van der Waals surface area contributed by atoms with Crippen LogP contribution in [0.1, 0.15) is 12.8 Å². The van der Waals surface area contributed by atoms with Gasteiger partial charge in [0.2, 0.25) is 0 Å². The number of pyridine rings is 1. The lowest BCUT2D eigenvalue weighted by atomic mass is 9.89. The fourth-order valence-corrected chi connectivity index (χ4v) is 2.23. The van der Waals surface area contributed by atoms with E-state index in [1.807, 2.05) is 0 Å². The number of hydrogen-bond acceptors (Lipinski definition) is 4. The van der Waals surface area contributed by atoms with Crippen LogP contribution in [0.25, 0.3) is 0 Å². The minimum absolute atomic E-state index is 0.00653. The lowest BCUT2D eigenvalue weighted by Crippen LogP contribution is -2.48. The van der Waals surface area contributed by atoms with Crippen molar-refractivity contribution >= 4 is 22.0 Å². The topological polar surface area (TPSA) is 80.7 Å². The lowest BCUT2D eigenvalue weighted by Gasteiger charge is -2.35. The Morgan fingerprint density at radius 3 is 2.78 bits per heavy atom. The van der Waals surface area contributed by atoms with E-state index >= 15 is 0 Å². The van der Waals surface area contributed by atoms with E-state index in [0.29, 0.717) is 24.3 Å². The highest BCUT2D eigenvalue weighted by Crippen LogP contribution is 2.35. The molecular weight excluding hydrogens is 304 g/mol. The van der Waals surface area contributed by atoms with Crippen LogP contribution in [0.4, 0.5) is 4.79 Å². The van der Waals surface area contributed by atoms with E-state index in [2.05, 4.69) is 26.2 Å². The van der Waals surface area contributed by atoms with E-state index in [9.17, 15) is 4.79 Å². The van der Waals surface area contributed by atoms with Crippen LogP contribution in [0, 0.1) is 0 Å². The third-order valence-electron chi connectivity index (χ3n) is 2.75. The van der Waals surface area contributed by atoms with Crippen molar-refractivity contribution < 1.29 is 19.4 Å². The molecule has 0 aliphatic heterocycles. The van der Waals surface area contributed by atoms with E-state index in [1.54, 1.807) is 19.5 Å². The predicted octanol–water partition coefficient (Wildman–Crippen LogP) is 2.03. The molecule has 0 spiro atoms. The number of methoxy groups -OCH3 is 1. The minimum Gasteiger partial charge on any atom is -0.494 e. The van der Waals surface area contributed by atoms with Crippen LogP contribution in [0.5, 0.6) is 11.5 Å². The van der Waals surface area contributed by atoms with Gasteiger partial charge < -0.3 is 19.9 Å². The quantitative estimate of drug-likeness (QED) is 0.888. The van der Waals surface area contributed by atoms with Crippen LogP contribution >= 0.6 is 15.9 Å². The van der Waals surface area contributed by atoms with Crippen LogP contribution in [-0.4, -0.2) is 35.4 Å². The number of halogens is 1. The Morgan fingerprint density at radius 1 is 1.50 bits per heavy atom. The van der Waals surface area contributed by atoms with Gasteiger partial charge in [0.25, 0.3) is 0 Å². The van der Waals surface area contributed by atoms with E-state index in [4.69, 9.17) is 14.6 Å². The van der Waals surface area contributed by atoms with Crippen LogP contribution in [0.2, 0.25) is 0 Å². The smallest absolute Gasteiger partial charge is 0.404 e. The van der Waals surface area contributed by atoms with Crippen molar-refractivity contribution in [3.8, 4) is 11.5 Å². The molecule has 1 heterocycles. The Bertz CT molecular complexity index is 449. The molecule has 1 fully saturated rings.